The molecule has 3 aromatic rings. The number of esters is 1. The van der Waals surface area contributed by atoms with Crippen molar-refractivity contribution in [2.75, 3.05) is 13.2 Å². The summed E-state index contributed by atoms with van der Waals surface area (Å²) in [6, 6.07) is 15.3. The van der Waals surface area contributed by atoms with Crippen molar-refractivity contribution in [2.45, 2.75) is 0 Å². The van der Waals surface area contributed by atoms with Crippen molar-refractivity contribution < 1.29 is 14.3 Å². The number of carbonyl (C=O) groups excluding carboxylic acids is 1. The van der Waals surface area contributed by atoms with E-state index in [1.54, 1.807) is 48.5 Å². The molecule has 1 aromatic heterocycles. The van der Waals surface area contributed by atoms with Crippen LogP contribution in [0.5, 0.6) is 5.75 Å². The average Bonchev–Trinajstić information content (AvgIpc) is 2.66. The largest absolute Gasteiger partial charge is 0.490 e. The van der Waals surface area contributed by atoms with Crippen LogP contribution >= 0.6 is 0 Å². The molecule has 0 amide bonds. The van der Waals surface area contributed by atoms with Crippen LogP contribution in [0, 0.1) is 11.3 Å². The molecule has 0 aliphatic heterocycles. The van der Waals surface area contributed by atoms with E-state index in [4.69, 9.17) is 14.7 Å². The molecule has 0 bridgehead atoms. The van der Waals surface area contributed by atoms with Gasteiger partial charge in [0.1, 0.15) is 19.0 Å². The third-order valence-electron chi connectivity index (χ3n) is 3.46. The van der Waals surface area contributed by atoms with Crippen molar-refractivity contribution in [1.29, 1.82) is 5.26 Å². The summed E-state index contributed by atoms with van der Waals surface area (Å²) in [4.78, 5) is 23.9. The molecular formula is C18H13N3O4. The Balaban J connectivity index is 1.61. The minimum absolute atomic E-state index is 0.0218. The molecule has 1 N–H and O–H groups in total. The number of nitrogens with one attached hydrogen (secondary N) is 1. The molecule has 0 fully saturated rings. The Morgan fingerprint density at radius 1 is 1.08 bits per heavy atom. The molecule has 0 atom stereocenters. The Bertz CT molecular complexity index is 1000. The molecule has 0 saturated carbocycles. The fourth-order valence-electron chi connectivity index (χ4n) is 2.26. The Hall–Kier alpha value is -3.66. The number of ether oxygens (including phenoxy) is 2. The van der Waals surface area contributed by atoms with E-state index >= 15 is 0 Å². The monoisotopic (exact) mass is 335 g/mol. The minimum atomic E-state index is -0.643. The maximum Gasteiger partial charge on any atom is 0.359 e. The minimum Gasteiger partial charge on any atom is -0.490 e. The topological polar surface area (TPSA) is 105 Å². The van der Waals surface area contributed by atoms with Crippen LogP contribution in [-0.2, 0) is 4.74 Å². The standard InChI is InChI=1S/C18H13N3O4/c19-11-12-5-7-13(8-6-12)24-9-10-25-18(23)16-14-3-1-2-4-15(14)17(22)21-20-16/h1-8H,9-10H2,(H,21,22). The second-order valence-corrected chi connectivity index (χ2v) is 5.07. The number of hydrogen-bond donors (Lipinski definition) is 1. The van der Waals surface area contributed by atoms with Gasteiger partial charge in [0.25, 0.3) is 5.56 Å². The number of benzene rings is 2. The Kier molecular flexibility index (Phi) is 4.72. The normalized spacial score (nSPS) is 10.2. The summed E-state index contributed by atoms with van der Waals surface area (Å²) in [5, 5.41) is 15.6. The van der Waals surface area contributed by atoms with Gasteiger partial charge < -0.3 is 9.47 Å². The SMILES string of the molecule is N#Cc1ccc(OCCOC(=O)c2n[nH]c(=O)c3ccccc23)cc1. The van der Waals surface area contributed by atoms with Gasteiger partial charge in [0.15, 0.2) is 5.69 Å². The first kappa shape index (κ1) is 16.2. The van der Waals surface area contributed by atoms with Crippen molar-refractivity contribution in [1.82, 2.24) is 10.2 Å². The maximum absolute atomic E-state index is 12.2. The summed E-state index contributed by atoms with van der Waals surface area (Å²) in [6.45, 7) is 0.174. The molecule has 0 saturated heterocycles. The van der Waals surface area contributed by atoms with Crippen LogP contribution < -0.4 is 10.3 Å². The highest BCUT2D eigenvalue weighted by molar-refractivity contribution is 6.01. The molecule has 124 valence electrons. The van der Waals surface area contributed by atoms with Crippen molar-refractivity contribution in [3.05, 3.63) is 70.1 Å². The van der Waals surface area contributed by atoms with Crippen LogP contribution in [0.3, 0.4) is 0 Å². The molecule has 25 heavy (non-hydrogen) atoms. The first-order valence-electron chi connectivity index (χ1n) is 7.46. The van der Waals surface area contributed by atoms with Gasteiger partial charge in [-0.2, -0.15) is 10.4 Å². The van der Waals surface area contributed by atoms with Crippen molar-refractivity contribution in [2.24, 2.45) is 0 Å². The van der Waals surface area contributed by atoms with Crippen LogP contribution in [-0.4, -0.2) is 29.4 Å². The number of nitrogens with zero attached hydrogens (tertiary/aromatic N) is 2. The number of nitriles is 1. The molecule has 0 radical (unpaired) electrons. The zero-order chi connectivity index (χ0) is 17.6. The van der Waals surface area contributed by atoms with Gasteiger partial charge in [0, 0.05) is 5.39 Å². The molecule has 2 aromatic carbocycles. The molecule has 0 aliphatic carbocycles. The zero-order valence-electron chi connectivity index (χ0n) is 13.1. The summed E-state index contributed by atoms with van der Waals surface area (Å²) < 4.78 is 10.6. The van der Waals surface area contributed by atoms with Crippen LogP contribution in [0.2, 0.25) is 0 Å². The van der Waals surface area contributed by atoms with E-state index in [2.05, 4.69) is 10.2 Å². The van der Waals surface area contributed by atoms with E-state index < -0.39 is 5.97 Å². The van der Waals surface area contributed by atoms with Crippen LogP contribution in [0.25, 0.3) is 10.8 Å². The molecule has 1 heterocycles. The van der Waals surface area contributed by atoms with Gasteiger partial charge in [-0.05, 0) is 30.3 Å². The smallest absolute Gasteiger partial charge is 0.359 e. The van der Waals surface area contributed by atoms with E-state index in [1.165, 1.54) is 0 Å². The highest BCUT2D eigenvalue weighted by atomic mass is 16.6. The number of hydrogen-bond acceptors (Lipinski definition) is 6. The molecule has 0 spiro atoms. The van der Waals surface area contributed by atoms with E-state index in [-0.39, 0.29) is 24.5 Å². The van der Waals surface area contributed by atoms with Crippen LogP contribution in [0.1, 0.15) is 16.1 Å². The molecule has 0 unspecified atom stereocenters. The summed E-state index contributed by atoms with van der Waals surface area (Å²) in [7, 11) is 0. The number of fused-ring (bicyclic) bond motifs is 1. The van der Waals surface area contributed by atoms with Crippen LogP contribution in [0.15, 0.2) is 53.3 Å². The first-order chi connectivity index (χ1) is 12.2. The fourth-order valence-corrected chi connectivity index (χ4v) is 2.26. The Labute approximate surface area is 142 Å². The Morgan fingerprint density at radius 2 is 1.80 bits per heavy atom. The van der Waals surface area contributed by atoms with Crippen molar-refractivity contribution in [3.63, 3.8) is 0 Å². The number of aromatic nitrogens is 2. The lowest BCUT2D eigenvalue weighted by Gasteiger charge is -2.08. The summed E-state index contributed by atoms with van der Waals surface area (Å²) in [6.07, 6.45) is 0. The van der Waals surface area contributed by atoms with E-state index in [0.29, 0.717) is 22.1 Å². The summed E-state index contributed by atoms with van der Waals surface area (Å²) >= 11 is 0. The predicted molar refractivity (Wildman–Crippen MR) is 89.3 cm³/mol. The maximum atomic E-state index is 12.2. The lowest BCUT2D eigenvalue weighted by atomic mass is 10.1. The summed E-state index contributed by atoms with van der Waals surface area (Å²) in [5.74, 6) is -0.0708. The van der Waals surface area contributed by atoms with Gasteiger partial charge in [-0.25, -0.2) is 9.89 Å². The van der Waals surface area contributed by atoms with Gasteiger partial charge in [-0.3, -0.25) is 4.79 Å². The highest BCUT2D eigenvalue weighted by Crippen LogP contribution is 2.14. The second-order valence-electron chi connectivity index (χ2n) is 5.07. The quantitative estimate of drug-likeness (QED) is 0.565. The fraction of sp³-hybridized carbons (Fsp3) is 0.111. The second kappa shape index (κ2) is 7.27. The molecule has 0 aliphatic rings. The number of aromatic amines is 1. The number of carbonyl (C=O) groups is 1. The number of rotatable bonds is 5. The average molecular weight is 335 g/mol. The zero-order valence-corrected chi connectivity index (χ0v) is 13.1. The third-order valence-corrected chi connectivity index (χ3v) is 3.46. The molecule has 7 heteroatoms. The van der Waals surface area contributed by atoms with Crippen molar-refractivity contribution >= 4 is 16.7 Å². The van der Waals surface area contributed by atoms with Crippen molar-refractivity contribution in [3.8, 4) is 11.8 Å². The molecule has 7 nitrogen and oxygen atoms in total. The van der Waals surface area contributed by atoms with E-state index in [1.807, 2.05) is 6.07 Å². The van der Waals surface area contributed by atoms with Gasteiger partial charge in [0.05, 0.1) is 17.0 Å². The number of H-pyrrole nitrogens is 1. The van der Waals surface area contributed by atoms with Crippen LogP contribution in [0.4, 0.5) is 0 Å². The Morgan fingerprint density at radius 3 is 2.52 bits per heavy atom. The lowest BCUT2D eigenvalue weighted by Crippen LogP contribution is -2.18. The van der Waals surface area contributed by atoms with Gasteiger partial charge >= 0.3 is 5.97 Å². The highest BCUT2D eigenvalue weighted by Gasteiger charge is 2.15. The third kappa shape index (κ3) is 3.64. The predicted octanol–water partition coefficient (Wildman–Crippen LogP) is 2.03. The van der Waals surface area contributed by atoms with Gasteiger partial charge in [-0.1, -0.05) is 18.2 Å². The molecule has 3 rings (SSSR count). The first-order valence-corrected chi connectivity index (χ1v) is 7.46. The lowest BCUT2D eigenvalue weighted by molar-refractivity contribution is 0.0445. The molecular weight excluding hydrogens is 322 g/mol. The van der Waals surface area contributed by atoms with Gasteiger partial charge in [-0.15, -0.1) is 0 Å². The summed E-state index contributed by atoms with van der Waals surface area (Å²) in [5.41, 5.74) is 0.222. The van der Waals surface area contributed by atoms with E-state index in [0.717, 1.165) is 0 Å². The van der Waals surface area contributed by atoms with Gasteiger partial charge in [0.2, 0.25) is 0 Å². The van der Waals surface area contributed by atoms with E-state index in [9.17, 15) is 9.59 Å².